The quantitative estimate of drug-likeness (QED) is 0.750. The van der Waals surface area contributed by atoms with E-state index in [1.165, 1.54) is 0 Å². The molecule has 8 nitrogen and oxygen atoms in total. The maximum atomic E-state index is 11.5. The Balaban J connectivity index is 1.89. The van der Waals surface area contributed by atoms with Crippen LogP contribution in [0.5, 0.6) is 0 Å². The fourth-order valence-electron chi connectivity index (χ4n) is 2.01. The first-order chi connectivity index (χ1) is 9.84. The normalized spacial score (nSPS) is 20.2. The van der Waals surface area contributed by atoms with Crippen molar-refractivity contribution >= 4 is 27.5 Å². The van der Waals surface area contributed by atoms with E-state index in [9.17, 15) is 13.2 Å². The van der Waals surface area contributed by atoms with Crippen LogP contribution in [0, 0.1) is 0 Å². The maximum absolute atomic E-state index is 11.5. The number of aromatic nitrogens is 2. The number of hydrogen-bond acceptors (Lipinski definition) is 6. The lowest BCUT2D eigenvalue weighted by Crippen LogP contribution is -2.34. The number of anilines is 2. The molecule has 1 saturated heterocycles. The van der Waals surface area contributed by atoms with Gasteiger partial charge in [0.2, 0.25) is 0 Å². The summed E-state index contributed by atoms with van der Waals surface area (Å²) in [6.07, 6.45) is 0.570. The van der Waals surface area contributed by atoms with Crippen LogP contribution in [0.15, 0.2) is 12.1 Å². The number of carbonyl (C=O) groups is 1. The van der Waals surface area contributed by atoms with Crippen LogP contribution >= 0.6 is 0 Å². The van der Waals surface area contributed by atoms with E-state index in [2.05, 4.69) is 26.1 Å². The molecule has 9 heteroatoms. The number of nitrogens with one attached hydrogen (secondary N) is 3. The molecule has 0 aliphatic carbocycles. The number of rotatable bonds is 4. The van der Waals surface area contributed by atoms with Gasteiger partial charge in [0.15, 0.2) is 15.7 Å². The van der Waals surface area contributed by atoms with Crippen LogP contribution in [0.2, 0.25) is 0 Å². The fraction of sp³-hybridized carbons (Fsp3) is 0.583. The lowest BCUT2D eigenvalue weighted by Gasteiger charge is -2.12. The molecule has 1 unspecified atom stereocenters. The first kappa shape index (κ1) is 15.5. The highest BCUT2D eigenvalue weighted by Gasteiger charge is 2.27. The van der Waals surface area contributed by atoms with Gasteiger partial charge in [0.1, 0.15) is 5.82 Å². The number of amides is 2. The Morgan fingerprint density at radius 3 is 2.48 bits per heavy atom. The SMILES string of the molecule is CC(C)NC(=O)Nc1ccc(NC2CCS(=O)(=O)C2)nn1. The van der Waals surface area contributed by atoms with Gasteiger partial charge in [-0.25, -0.2) is 13.2 Å². The van der Waals surface area contributed by atoms with Crippen LogP contribution in [-0.2, 0) is 9.84 Å². The van der Waals surface area contributed by atoms with Crippen molar-refractivity contribution in [2.75, 3.05) is 22.1 Å². The molecule has 0 spiro atoms. The average Bonchev–Trinajstić information content (AvgIpc) is 2.70. The minimum absolute atomic E-state index is 0.0308. The summed E-state index contributed by atoms with van der Waals surface area (Å²) in [6, 6.07) is 2.82. The van der Waals surface area contributed by atoms with E-state index in [1.54, 1.807) is 12.1 Å². The highest BCUT2D eigenvalue weighted by atomic mass is 32.2. The van der Waals surface area contributed by atoms with Crippen molar-refractivity contribution in [3.05, 3.63) is 12.1 Å². The van der Waals surface area contributed by atoms with Crippen molar-refractivity contribution in [2.24, 2.45) is 0 Å². The van der Waals surface area contributed by atoms with E-state index in [0.29, 0.717) is 18.1 Å². The van der Waals surface area contributed by atoms with E-state index in [1.807, 2.05) is 13.8 Å². The third-order valence-corrected chi connectivity index (χ3v) is 4.68. The first-order valence-corrected chi connectivity index (χ1v) is 8.54. The van der Waals surface area contributed by atoms with E-state index < -0.39 is 9.84 Å². The van der Waals surface area contributed by atoms with Crippen molar-refractivity contribution in [3.63, 3.8) is 0 Å². The zero-order chi connectivity index (χ0) is 15.5. The van der Waals surface area contributed by atoms with Crippen molar-refractivity contribution in [1.82, 2.24) is 15.5 Å². The van der Waals surface area contributed by atoms with Gasteiger partial charge in [-0.3, -0.25) is 5.32 Å². The molecule has 21 heavy (non-hydrogen) atoms. The van der Waals surface area contributed by atoms with Gasteiger partial charge in [-0.1, -0.05) is 0 Å². The lowest BCUT2D eigenvalue weighted by atomic mass is 10.2. The summed E-state index contributed by atoms with van der Waals surface area (Å²) in [5.74, 6) is 1.14. The molecule has 116 valence electrons. The molecule has 0 bridgehead atoms. The summed E-state index contributed by atoms with van der Waals surface area (Å²) in [6.45, 7) is 3.71. The molecule has 2 heterocycles. The molecule has 1 fully saturated rings. The Hall–Kier alpha value is -1.90. The van der Waals surface area contributed by atoms with Gasteiger partial charge in [0, 0.05) is 12.1 Å². The van der Waals surface area contributed by atoms with E-state index in [4.69, 9.17) is 0 Å². The van der Waals surface area contributed by atoms with Crippen LogP contribution in [0.4, 0.5) is 16.4 Å². The molecule has 0 radical (unpaired) electrons. The number of sulfone groups is 1. The van der Waals surface area contributed by atoms with E-state index in [0.717, 1.165) is 0 Å². The number of hydrogen-bond donors (Lipinski definition) is 3. The molecular formula is C12H19N5O3S. The molecule has 1 aromatic heterocycles. The van der Waals surface area contributed by atoms with Gasteiger partial charge < -0.3 is 10.6 Å². The minimum atomic E-state index is -2.93. The van der Waals surface area contributed by atoms with Crippen molar-refractivity contribution in [1.29, 1.82) is 0 Å². The molecule has 0 saturated carbocycles. The lowest BCUT2D eigenvalue weighted by molar-refractivity contribution is 0.250. The van der Waals surface area contributed by atoms with Gasteiger partial charge in [-0.15, -0.1) is 10.2 Å². The summed E-state index contributed by atoms with van der Waals surface area (Å²) in [4.78, 5) is 11.5. The second kappa shape index (κ2) is 6.25. The second-order valence-corrected chi connectivity index (χ2v) is 7.53. The molecule has 2 rings (SSSR count). The monoisotopic (exact) mass is 313 g/mol. The fourth-order valence-corrected chi connectivity index (χ4v) is 3.68. The molecule has 3 N–H and O–H groups in total. The smallest absolute Gasteiger partial charge is 0.320 e. The Morgan fingerprint density at radius 1 is 1.29 bits per heavy atom. The third-order valence-electron chi connectivity index (χ3n) is 2.91. The van der Waals surface area contributed by atoms with Crippen LogP contribution in [-0.4, -0.2) is 48.2 Å². The van der Waals surface area contributed by atoms with Gasteiger partial charge in [0.25, 0.3) is 0 Å². The Bertz CT molecular complexity index is 600. The zero-order valence-electron chi connectivity index (χ0n) is 12.0. The average molecular weight is 313 g/mol. The number of carbonyl (C=O) groups excluding carboxylic acids is 1. The Kier molecular flexibility index (Phi) is 4.61. The Morgan fingerprint density at radius 2 is 1.95 bits per heavy atom. The van der Waals surface area contributed by atoms with Gasteiger partial charge in [0.05, 0.1) is 11.5 Å². The van der Waals surface area contributed by atoms with Crippen LogP contribution in [0.3, 0.4) is 0 Å². The van der Waals surface area contributed by atoms with Crippen LogP contribution < -0.4 is 16.0 Å². The highest BCUT2D eigenvalue weighted by Crippen LogP contribution is 2.16. The van der Waals surface area contributed by atoms with E-state index >= 15 is 0 Å². The summed E-state index contributed by atoms with van der Waals surface area (Å²) in [5.41, 5.74) is 0. The maximum Gasteiger partial charge on any atom is 0.320 e. The molecule has 1 aliphatic heterocycles. The third kappa shape index (κ3) is 4.85. The molecular weight excluding hydrogens is 294 g/mol. The molecule has 1 atom stereocenters. The highest BCUT2D eigenvalue weighted by molar-refractivity contribution is 7.91. The molecule has 1 aromatic rings. The number of urea groups is 1. The van der Waals surface area contributed by atoms with Gasteiger partial charge in [-0.05, 0) is 32.4 Å². The van der Waals surface area contributed by atoms with Crippen molar-refractivity contribution in [2.45, 2.75) is 32.4 Å². The van der Waals surface area contributed by atoms with Gasteiger partial charge in [-0.2, -0.15) is 0 Å². The second-order valence-electron chi connectivity index (χ2n) is 5.30. The Labute approximate surface area is 123 Å². The molecule has 1 aliphatic rings. The standard InChI is InChI=1S/C12H19N5O3S/c1-8(2)13-12(18)15-11-4-3-10(16-17-11)14-9-5-6-21(19,20)7-9/h3-4,8-9H,5-7H2,1-2H3,(H,14,16)(H2,13,15,17,18). The zero-order valence-corrected chi connectivity index (χ0v) is 12.8. The van der Waals surface area contributed by atoms with Crippen LogP contribution in [0.1, 0.15) is 20.3 Å². The van der Waals surface area contributed by atoms with Crippen LogP contribution in [0.25, 0.3) is 0 Å². The topological polar surface area (TPSA) is 113 Å². The predicted molar refractivity (Wildman–Crippen MR) is 80.0 cm³/mol. The van der Waals surface area contributed by atoms with Gasteiger partial charge >= 0.3 is 6.03 Å². The van der Waals surface area contributed by atoms with E-state index in [-0.39, 0.29) is 29.6 Å². The summed E-state index contributed by atoms with van der Waals surface area (Å²) < 4.78 is 22.7. The molecule has 0 aromatic carbocycles. The minimum Gasteiger partial charge on any atom is -0.365 e. The number of nitrogens with zero attached hydrogens (tertiary/aromatic N) is 2. The van der Waals surface area contributed by atoms with Crippen molar-refractivity contribution < 1.29 is 13.2 Å². The summed E-state index contributed by atoms with van der Waals surface area (Å²) in [5, 5.41) is 16.1. The molecule has 2 amide bonds. The largest absolute Gasteiger partial charge is 0.365 e. The predicted octanol–water partition coefficient (Wildman–Crippen LogP) is 0.605. The van der Waals surface area contributed by atoms with Crippen molar-refractivity contribution in [3.8, 4) is 0 Å². The summed E-state index contributed by atoms with van der Waals surface area (Å²) >= 11 is 0. The first-order valence-electron chi connectivity index (χ1n) is 6.72. The summed E-state index contributed by atoms with van der Waals surface area (Å²) in [7, 11) is -2.93.